The number of benzene rings is 3. The van der Waals surface area contributed by atoms with Crippen LogP contribution in [0, 0.1) is 13.8 Å². The summed E-state index contributed by atoms with van der Waals surface area (Å²) in [7, 11) is -3.60. The van der Waals surface area contributed by atoms with Gasteiger partial charge in [0.15, 0.2) is 0 Å². The average Bonchev–Trinajstić information content (AvgIpc) is 3.11. The lowest BCUT2D eigenvalue weighted by Gasteiger charge is -2.08. The van der Waals surface area contributed by atoms with E-state index in [1.165, 1.54) is 5.56 Å². The van der Waals surface area contributed by atoms with Crippen molar-refractivity contribution >= 4 is 43.2 Å². The molecule has 0 spiro atoms. The molecule has 160 valence electrons. The van der Waals surface area contributed by atoms with Gasteiger partial charge in [0, 0.05) is 18.2 Å². The predicted molar refractivity (Wildman–Crippen MR) is 125 cm³/mol. The molecule has 0 bridgehead atoms. The standard InChI is InChI=1S/C21H18N2O2S2.C2H4O2/c1-14-3-10-18(11-4-14)27(24,25)23-17-8-6-16(7-9-17)21-22-19-12-5-15(2)13-20(19)26-21;1-2(3)4/h3-13,23H,1-2H3;1H3,(H,3,4). The normalized spacial score (nSPS) is 10.9. The number of sulfonamides is 1. The van der Waals surface area contributed by atoms with Crippen molar-refractivity contribution < 1.29 is 18.3 Å². The minimum Gasteiger partial charge on any atom is -0.481 e. The lowest BCUT2D eigenvalue weighted by atomic mass is 10.2. The summed E-state index contributed by atoms with van der Waals surface area (Å²) in [5, 5.41) is 8.34. The number of carboxylic acids is 1. The maximum atomic E-state index is 12.5. The summed E-state index contributed by atoms with van der Waals surface area (Å²) in [5.41, 5.74) is 4.69. The van der Waals surface area contributed by atoms with E-state index in [9.17, 15) is 8.42 Å². The zero-order chi connectivity index (χ0) is 22.6. The Bertz CT molecular complexity index is 1310. The Kier molecular flexibility index (Phi) is 6.72. The smallest absolute Gasteiger partial charge is 0.300 e. The molecule has 0 aliphatic heterocycles. The molecule has 0 saturated heterocycles. The van der Waals surface area contributed by atoms with Crippen LogP contribution in [0.25, 0.3) is 20.8 Å². The molecule has 0 radical (unpaired) electrons. The first-order valence-electron chi connectivity index (χ1n) is 9.41. The highest BCUT2D eigenvalue weighted by Gasteiger charge is 2.14. The van der Waals surface area contributed by atoms with Crippen molar-refractivity contribution in [3.63, 3.8) is 0 Å². The Hall–Kier alpha value is -3.23. The van der Waals surface area contributed by atoms with Crippen molar-refractivity contribution in [2.45, 2.75) is 25.7 Å². The first-order valence-corrected chi connectivity index (χ1v) is 11.7. The molecule has 8 heteroatoms. The van der Waals surface area contributed by atoms with Gasteiger partial charge in [0.1, 0.15) is 5.01 Å². The van der Waals surface area contributed by atoms with Crippen LogP contribution in [0.4, 0.5) is 5.69 Å². The maximum Gasteiger partial charge on any atom is 0.300 e. The number of carboxylic acid groups (broad SMARTS) is 1. The third kappa shape index (κ3) is 5.90. The van der Waals surface area contributed by atoms with E-state index in [1.807, 2.05) is 25.1 Å². The van der Waals surface area contributed by atoms with Crippen LogP contribution in [0.3, 0.4) is 0 Å². The van der Waals surface area contributed by atoms with Crippen LogP contribution in [-0.4, -0.2) is 24.5 Å². The van der Waals surface area contributed by atoms with Gasteiger partial charge in [-0.2, -0.15) is 0 Å². The number of carbonyl (C=O) groups is 1. The molecule has 0 unspecified atom stereocenters. The molecule has 0 aliphatic carbocycles. The summed E-state index contributed by atoms with van der Waals surface area (Å²) in [6, 6.07) is 20.3. The number of aromatic nitrogens is 1. The van der Waals surface area contributed by atoms with E-state index in [1.54, 1.807) is 47.7 Å². The fraction of sp³-hybridized carbons (Fsp3) is 0.130. The van der Waals surface area contributed by atoms with Gasteiger partial charge in [-0.05, 0) is 67.9 Å². The van der Waals surface area contributed by atoms with Gasteiger partial charge in [0.2, 0.25) is 0 Å². The molecule has 0 saturated carbocycles. The molecule has 4 rings (SSSR count). The van der Waals surface area contributed by atoms with E-state index in [-0.39, 0.29) is 4.90 Å². The summed E-state index contributed by atoms with van der Waals surface area (Å²) >= 11 is 1.63. The highest BCUT2D eigenvalue weighted by atomic mass is 32.2. The number of nitrogens with zero attached hydrogens (tertiary/aromatic N) is 1. The number of thiazole rings is 1. The molecule has 0 fully saturated rings. The number of aliphatic carboxylic acids is 1. The molecule has 0 amide bonds. The molecule has 0 atom stereocenters. The molecule has 3 aromatic carbocycles. The molecule has 1 heterocycles. The second-order valence-corrected chi connectivity index (χ2v) is 9.72. The SMILES string of the molecule is CC(=O)O.Cc1ccc(S(=O)(=O)Nc2ccc(-c3nc4ccc(C)cc4s3)cc2)cc1. The van der Waals surface area contributed by atoms with E-state index in [4.69, 9.17) is 9.90 Å². The van der Waals surface area contributed by atoms with Crippen LogP contribution in [0.2, 0.25) is 0 Å². The van der Waals surface area contributed by atoms with Crippen molar-refractivity contribution in [1.82, 2.24) is 4.98 Å². The summed E-state index contributed by atoms with van der Waals surface area (Å²) in [6.45, 7) is 5.07. The maximum absolute atomic E-state index is 12.5. The molecule has 0 aliphatic rings. The largest absolute Gasteiger partial charge is 0.481 e. The third-order valence-corrected chi connectivity index (χ3v) is 6.72. The molecule has 6 nitrogen and oxygen atoms in total. The average molecular weight is 455 g/mol. The summed E-state index contributed by atoms with van der Waals surface area (Å²) < 4.78 is 28.8. The fourth-order valence-corrected chi connectivity index (χ4v) is 4.90. The third-order valence-electron chi connectivity index (χ3n) is 4.26. The van der Waals surface area contributed by atoms with E-state index >= 15 is 0 Å². The quantitative estimate of drug-likeness (QED) is 0.426. The van der Waals surface area contributed by atoms with E-state index in [0.29, 0.717) is 5.69 Å². The topological polar surface area (TPSA) is 96.4 Å². The lowest BCUT2D eigenvalue weighted by Crippen LogP contribution is -2.12. The van der Waals surface area contributed by atoms with Gasteiger partial charge in [0.25, 0.3) is 16.0 Å². The van der Waals surface area contributed by atoms with Crippen LogP contribution >= 0.6 is 11.3 Å². The van der Waals surface area contributed by atoms with Crippen molar-refractivity contribution in [3.05, 3.63) is 77.9 Å². The van der Waals surface area contributed by atoms with Gasteiger partial charge in [-0.15, -0.1) is 11.3 Å². The van der Waals surface area contributed by atoms with Gasteiger partial charge in [-0.3, -0.25) is 9.52 Å². The number of hydrogen-bond donors (Lipinski definition) is 2. The molecular weight excluding hydrogens is 432 g/mol. The monoisotopic (exact) mass is 454 g/mol. The minimum atomic E-state index is -3.60. The number of hydrogen-bond acceptors (Lipinski definition) is 5. The first kappa shape index (κ1) is 22.5. The summed E-state index contributed by atoms with van der Waals surface area (Å²) in [4.78, 5) is 13.9. The van der Waals surface area contributed by atoms with Crippen molar-refractivity contribution in [3.8, 4) is 10.6 Å². The Labute approximate surface area is 185 Å². The van der Waals surface area contributed by atoms with Crippen molar-refractivity contribution in [1.29, 1.82) is 0 Å². The zero-order valence-electron chi connectivity index (χ0n) is 17.3. The van der Waals surface area contributed by atoms with Crippen LogP contribution in [-0.2, 0) is 14.8 Å². The Morgan fingerprint density at radius 3 is 2.13 bits per heavy atom. The van der Waals surface area contributed by atoms with Crippen molar-refractivity contribution in [2.24, 2.45) is 0 Å². The zero-order valence-corrected chi connectivity index (χ0v) is 18.9. The fourth-order valence-electron chi connectivity index (χ4n) is 2.77. The van der Waals surface area contributed by atoms with Gasteiger partial charge < -0.3 is 5.11 Å². The van der Waals surface area contributed by atoms with E-state index in [0.717, 1.165) is 33.3 Å². The highest BCUT2D eigenvalue weighted by Crippen LogP contribution is 2.31. The van der Waals surface area contributed by atoms with Crippen LogP contribution in [0.1, 0.15) is 18.1 Å². The number of rotatable bonds is 4. The van der Waals surface area contributed by atoms with Crippen molar-refractivity contribution in [2.75, 3.05) is 4.72 Å². The Morgan fingerprint density at radius 1 is 0.935 bits per heavy atom. The molecule has 31 heavy (non-hydrogen) atoms. The van der Waals surface area contributed by atoms with Gasteiger partial charge >= 0.3 is 0 Å². The minimum absolute atomic E-state index is 0.249. The first-order chi connectivity index (χ1) is 14.6. The highest BCUT2D eigenvalue weighted by molar-refractivity contribution is 7.92. The molecule has 1 aromatic heterocycles. The van der Waals surface area contributed by atoms with Gasteiger partial charge in [-0.1, -0.05) is 23.8 Å². The number of nitrogens with one attached hydrogen (secondary N) is 1. The Balaban J connectivity index is 0.000000628. The lowest BCUT2D eigenvalue weighted by molar-refractivity contribution is -0.134. The second-order valence-electron chi connectivity index (χ2n) is 7.01. The summed E-state index contributed by atoms with van der Waals surface area (Å²) in [6.07, 6.45) is 0. The van der Waals surface area contributed by atoms with Crippen LogP contribution in [0.5, 0.6) is 0 Å². The molecule has 4 aromatic rings. The van der Waals surface area contributed by atoms with Gasteiger partial charge in [-0.25, -0.2) is 13.4 Å². The number of fused-ring (bicyclic) bond motifs is 1. The van der Waals surface area contributed by atoms with Crippen LogP contribution < -0.4 is 4.72 Å². The molecular formula is C23H22N2O4S2. The predicted octanol–water partition coefficient (Wildman–Crippen LogP) is 5.47. The van der Waals surface area contributed by atoms with E-state index in [2.05, 4.69) is 28.8 Å². The van der Waals surface area contributed by atoms with Crippen LogP contribution in [0.15, 0.2) is 71.6 Å². The number of aryl methyl sites for hydroxylation is 2. The Morgan fingerprint density at radius 2 is 1.52 bits per heavy atom. The number of anilines is 1. The second kappa shape index (κ2) is 9.28. The summed E-state index contributed by atoms with van der Waals surface area (Å²) in [5.74, 6) is -0.833. The van der Waals surface area contributed by atoms with Gasteiger partial charge in [0.05, 0.1) is 15.1 Å². The molecule has 2 N–H and O–H groups in total. The van der Waals surface area contributed by atoms with E-state index < -0.39 is 16.0 Å².